The highest BCUT2D eigenvalue weighted by molar-refractivity contribution is 7.89. The van der Waals surface area contributed by atoms with Gasteiger partial charge in [-0.15, -0.1) is 0 Å². The molecular weight excluding hydrogens is 274 g/mol. The molecule has 0 amide bonds. The molecule has 0 saturated carbocycles. The second-order valence-corrected chi connectivity index (χ2v) is 6.74. The lowest BCUT2D eigenvalue weighted by atomic mass is 10.0. The quantitative estimate of drug-likeness (QED) is 0.897. The van der Waals surface area contributed by atoms with E-state index in [1.165, 1.54) is 4.31 Å². The summed E-state index contributed by atoms with van der Waals surface area (Å²) in [7, 11) is -3.88. The van der Waals surface area contributed by atoms with Crippen LogP contribution in [0.15, 0.2) is 23.1 Å². The molecular formula is C12H16F2N2O2S. The first-order chi connectivity index (χ1) is 8.80. The van der Waals surface area contributed by atoms with E-state index in [1.807, 2.05) is 0 Å². The fourth-order valence-corrected chi connectivity index (χ4v) is 4.06. The molecule has 0 aliphatic carbocycles. The minimum absolute atomic E-state index is 0.0364. The molecule has 4 nitrogen and oxygen atoms in total. The van der Waals surface area contributed by atoms with E-state index in [1.54, 1.807) is 6.92 Å². The summed E-state index contributed by atoms with van der Waals surface area (Å²) >= 11 is 0. The molecule has 2 rings (SSSR count). The van der Waals surface area contributed by atoms with Crippen molar-refractivity contribution in [1.82, 2.24) is 4.31 Å². The van der Waals surface area contributed by atoms with E-state index in [2.05, 4.69) is 0 Å². The Balaban J connectivity index is 2.36. The standard InChI is InChI=1S/C12H16F2N2O2S/c1-8-4-11(15)2-3-16(8)19(17,18)12-6-9(13)5-10(14)7-12/h5-8,11H,2-4,15H2,1H3/t8-,11-/m1/s1. The fraction of sp³-hybridized carbons (Fsp3) is 0.500. The topological polar surface area (TPSA) is 63.4 Å². The average Bonchev–Trinajstić information content (AvgIpc) is 2.26. The summed E-state index contributed by atoms with van der Waals surface area (Å²) in [6, 6.07) is 2.00. The maximum Gasteiger partial charge on any atom is 0.243 e. The van der Waals surface area contributed by atoms with Gasteiger partial charge in [-0.2, -0.15) is 4.31 Å². The first-order valence-electron chi connectivity index (χ1n) is 6.04. The van der Waals surface area contributed by atoms with Crippen LogP contribution in [0.2, 0.25) is 0 Å². The van der Waals surface area contributed by atoms with Crippen LogP contribution in [0.4, 0.5) is 8.78 Å². The highest BCUT2D eigenvalue weighted by Gasteiger charge is 2.33. The molecule has 1 aromatic rings. The Hall–Kier alpha value is -1.05. The number of piperidine rings is 1. The van der Waals surface area contributed by atoms with Crippen LogP contribution in [0.1, 0.15) is 19.8 Å². The van der Waals surface area contributed by atoms with Crippen LogP contribution >= 0.6 is 0 Å². The van der Waals surface area contributed by atoms with E-state index < -0.39 is 21.7 Å². The third-order valence-corrected chi connectivity index (χ3v) is 5.29. The number of hydrogen-bond donors (Lipinski definition) is 1. The second kappa shape index (κ2) is 5.15. The van der Waals surface area contributed by atoms with Crippen LogP contribution in [-0.2, 0) is 10.0 Å². The van der Waals surface area contributed by atoms with Crippen LogP contribution in [0.3, 0.4) is 0 Å². The average molecular weight is 290 g/mol. The van der Waals surface area contributed by atoms with Crippen LogP contribution < -0.4 is 5.73 Å². The van der Waals surface area contributed by atoms with Gasteiger partial charge in [0.05, 0.1) is 4.90 Å². The highest BCUT2D eigenvalue weighted by Crippen LogP contribution is 2.25. The Morgan fingerprint density at radius 1 is 1.26 bits per heavy atom. The summed E-state index contributed by atoms with van der Waals surface area (Å²) in [6.07, 6.45) is 1.08. The van der Waals surface area contributed by atoms with E-state index in [0.29, 0.717) is 18.9 Å². The van der Waals surface area contributed by atoms with Crippen molar-refractivity contribution in [2.24, 2.45) is 5.73 Å². The number of hydrogen-bond acceptors (Lipinski definition) is 3. The zero-order valence-electron chi connectivity index (χ0n) is 10.5. The highest BCUT2D eigenvalue weighted by atomic mass is 32.2. The number of sulfonamides is 1. The minimum atomic E-state index is -3.88. The van der Waals surface area contributed by atoms with Crippen LogP contribution in [0.25, 0.3) is 0 Å². The van der Waals surface area contributed by atoms with Gasteiger partial charge in [0.15, 0.2) is 0 Å². The summed E-state index contributed by atoms with van der Waals surface area (Å²) in [5, 5.41) is 0. The molecule has 1 fully saturated rings. The largest absolute Gasteiger partial charge is 0.328 e. The molecule has 0 aromatic heterocycles. The monoisotopic (exact) mass is 290 g/mol. The van der Waals surface area contributed by atoms with Crippen molar-refractivity contribution >= 4 is 10.0 Å². The molecule has 0 radical (unpaired) electrons. The summed E-state index contributed by atoms with van der Waals surface area (Å²) in [6.45, 7) is 2.01. The van der Waals surface area contributed by atoms with Crippen LogP contribution in [0.5, 0.6) is 0 Å². The first kappa shape index (κ1) is 14.4. The molecule has 2 atom stereocenters. The van der Waals surface area contributed by atoms with Crippen molar-refractivity contribution in [3.05, 3.63) is 29.8 Å². The minimum Gasteiger partial charge on any atom is -0.328 e. The van der Waals surface area contributed by atoms with Gasteiger partial charge in [-0.25, -0.2) is 17.2 Å². The zero-order valence-corrected chi connectivity index (χ0v) is 11.3. The SMILES string of the molecule is C[C@@H]1C[C@H](N)CCN1S(=O)(=O)c1cc(F)cc(F)c1. The summed E-state index contributed by atoms with van der Waals surface area (Å²) in [5.74, 6) is -1.81. The molecule has 106 valence electrons. The molecule has 1 aliphatic heterocycles. The zero-order chi connectivity index (χ0) is 14.2. The van der Waals surface area contributed by atoms with E-state index in [-0.39, 0.29) is 23.5 Å². The fourth-order valence-electron chi connectivity index (χ4n) is 2.36. The molecule has 2 N–H and O–H groups in total. The summed E-state index contributed by atoms with van der Waals surface area (Å²) in [4.78, 5) is -0.354. The predicted molar refractivity (Wildman–Crippen MR) is 66.9 cm³/mol. The Kier molecular flexibility index (Phi) is 3.89. The molecule has 1 saturated heterocycles. The van der Waals surface area contributed by atoms with E-state index in [9.17, 15) is 17.2 Å². The smallest absolute Gasteiger partial charge is 0.243 e. The number of halogens is 2. The van der Waals surface area contributed by atoms with Crippen molar-refractivity contribution in [2.75, 3.05) is 6.54 Å². The van der Waals surface area contributed by atoms with Gasteiger partial charge in [0, 0.05) is 24.7 Å². The molecule has 7 heteroatoms. The maximum atomic E-state index is 13.1. The van der Waals surface area contributed by atoms with Gasteiger partial charge in [-0.3, -0.25) is 0 Å². The van der Waals surface area contributed by atoms with Gasteiger partial charge in [0.25, 0.3) is 0 Å². The number of nitrogens with zero attached hydrogens (tertiary/aromatic N) is 1. The molecule has 19 heavy (non-hydrogen) atoms. The Morgan fingerprint density at radius 3 is 2.37 bits per heavy atom. The molecule has 1 aromatic carbocycles. The number of benzene rings is 1. The lowest BCUT2D eigenvalue weighted by molar-refractivity contribution is 0.247. The van der Waals surface area contributed by atoms with Crippen molar-refractivity contribution < 1.29 is 17.2 Å². The van der Waals surface area contributed by atoms with Gasteiger partial charge in [0.1, 0.15) is 11.6 Å². The molecule has 0 bridgehead atoms. The number of nitrogens with two attached hydrogens (primary N) is 1. The van der Waals surface area contributed by atoms with Crippen molar-refractivity contribution in [3.8, 4) is 0 Å². The summed E-state index contributed by atoms with van der Waals surface area (Å²) < 4.78 is 52.3. The van der Waals surface area contributed by atoms with E-state index in [0.717, 1.165) is 12.1 Å². The van der Waals surface area contributed by atoms with Crippen molar-refractivity contribution in [1.29, 1.82) is 0 Å². The maximum absolute atomic E-state index is 13.1. The third kappa shape index (κ3) is 2.93. The van der Waals surface area contributed by atoms with Crippen molar-refractivity contribution in [2.45, 2.75) is 36.7 Å². The van der Waals surface area contributed by atoms with Gasteiger partial charge >= 0.3 is 0 Å². The second-order valence-electron chi connectivity index (χ2n) is 4.85. The van der Waals surface area contributed by atoms with Gasteiger partial charge < -0.3 is 5.73 Å². The lowest BCUT2D eigenvalue weighted by Crippen LogP contribution is -2.48. The van der Waals surface area contributed by atoms with Gasteiger partial charge in [0.2, 0.25) is 10.0 Å². The molecule has 0 spiro atoms. The van der Waals surface area contributed by atoms with Gasteiger partial charge in [-0.05, 0) is 31.9 Å². The van der Waals surface area contributed by atoms with Crippen LogP contribution in [0, 0.1) is 11.6 Å². The summed E-state index contributed by atoms with van der Waals surface area (Å²) in [5.41, 5.74) is 5.78. The van der Waals surface area contributed by atoms with E-state index >= 15 is 0 Å². The first-order valence-corrected chi connectivity index (χ1v) is 7.48. The van der Waals surface area contributed by atoms with Gasteiger partial charge in [-0.1, -0.05) is 0 Å². The third-order valence-electron chi connectivity index (χ3n) is 3.30. The molecule has 0 unspecified atom stereocenters. The van der Waals surface area contributed by atoms with Crippen molar-refractivity contribution in [3.63, 3.8) is 0 Å². The lowest BCUT2D eigenvalue weighted by Gasteiger charge is -2.35. The Morgan fingerprint density at radius 2 is 1.84 bits per heavy atom. The van der Waals surface area contributed by atoms with Crippen LogP contribution in [-0.4, -0.2) is 31.4 Å². The number of rotatable bonds is 2. The Labute approximate surface area is 111 Å². The van der Waals surface area contributed by atoms with E-state index in [4.69, 9.17) is 5.73 Å². The Bertz CT molecular complexity index is 557. The predicted octanol–water partition coefficient (Wildman–Crippen LogP) is 1.47. The molecule has 1 heterocycles. The normalized spacial score (nSPS) is 25.5. The molecule has 1 aliphatic rings.